The first-order chi connectivity index (χ1) is 8.81. The van der Waals surface area contributed by atoms with Crippen molar-refractivity contribution in [3.63, 3.8) is 0 Å². The van der Waals surface area contributed by atoms with Gasteiger partial charge in [0.15, 0.2) is 0 Å². The molecule has 2 rings (SSSR count). The summed E-state index contributed by atoms with van der Waals surface area (Å²) >= 11 is 0. The van der Waals surface area contributed by atoms with Crippen LogP contribution < -0.4 is 15.8 Å². The summed E-state index contributed by atoms with van der Waals surface area (Å²) in [5, 5.41) is 10.6. The molecule has 0 aliphatic heterocycles. The standard InChI is InChI=1S/C12H16N4O2/c1-17-10-4-2-3-9(7-10)5-6-14-12-16-15-11(8-13)18-12/h2-4,7H,5-6,8,13H2,1H3,(H,14,16). The van der Waals surface area contributed by atoms with Gasteiger partial charge in [0.1, 0.15) is 5.75 Å². The summed E-state index contributed by atoms with van der Waals surface area (Å²) in [6, 6.07) is 8.33. The topological polar surface area (TPSA) is 86.2 Å². The van der Waals surface area contributed by atoms with Gasteiger partial charge in [0, 0.05) is 6.54 Å². The lowest BCUT2D eigenvalue weighted by Gasteiger charge is -2.04. The molecule has 0 bridgehead atoms. The SMILES string of the molecule is COc1cccc(CCNc2nnc(CN)o2)c1. The van der Waals surface area contributed by atoms with Gasteiger partial charge in [0.25, 0.3) is 0 Å². The molecule has 6 nitrogen and oxygen atoms in total. The second-order valence-electron chi connectivity index (χ2n) is 3.73. The molecule has 0 fully saturated rings. The number of ether oxygens (including phenoxy) is 1. The van der Waals surface area contributed by atoms with E-state index in [9.17, 15) is 0 Å². The zero-order valence-electron chi connectivity index (χ0n) is 10.2. The molecular formula is C12H16N4O2. The number of hydrogen-bond donors (Lipinski definition) is 2. The fourth-order valence-corrected chi connectivity index (χ4v) is 1.55. The molecule has 96 valence electrons. The van der Waals surface area contributed by atoms with Gasteiger partial charge in [-0.15, -0.1) is 5.10 Å². The van der Waals surface area contributed by atoms with E-state index in [-0.39, 0.29) is 6.54 Å². The van der Waals surface area contributed by atoms with Crippen molar-refractivity contribution >= 4 is 6.01 Å². The Morgan fingerprint density at radius 3 is 3.00 bits per heavy atom. The Kier molecular flexibility index (Phi) is 4.14. The van der Waals surface area contributed by atoms with Crippen LogP contribution in [0.2, 0.25) is 0 Å². The lowest BCUT2D eigenvalue weighted by molar-refractivity contribution is 0.414. The number of aromatic nitrogens is 2. The first-order valence-corrected chi connectivity index (χ1v) is 5.71. The number of anilines is 1. The molecule has 0 amide bonds. The van der Waals surface area contributed by atoms with Gasteiger partial charge in [-0.3, -0.25) is 0 Å². The molecule has 0 atom stereocenters. The largest absolute Gasteiger partial charge is 0.497 e. The van der Waals surface area contributed by atoms with Crippen LogP contribution in [-0.2, 0) is 13.0 Å². The molecule has 6 heteroatoms. The van der Waals surface area contributed by atoms with Crippen molar-refractivity contribution in [1.82, 2.24) is 10.2 Å². The molecule has 0 aliphatic rings. The van der Waals surface area contributed by atoms with Crippen molar-refractivity contribution in [2.75, 3.05) is 19.0 Å². The Morgan fingerprint density at radius 1 is 1.39 bits per heavy atom. The van der Waals surface area contributed by atoms with Crippen LogP contribution in [0, 0.1) is 0 Å². The Morgan fingerprint density at radius 2 is 2.28 bits per heavy atom. The van der Waals surface area contributed by atoms with Crippen LogP contribution in [0.15, 0.2) is 28.7 Å². The van der Waals surface area contributed by atoms with E-state index in [1.165, 1.54) is 5.56 Å². The van der Waals surface area contributed by atoms with Gasteiger partial charge >= 0.3 is 6.01 Å². The molecule has 0 saturated carbocycles. The molecule has 2 aromatic rings. The van der Waals surface area contributed by atoms with E-state index < -0.39 is 0 Å². The summed E-state index contributed by atoms with van der Waals surface area (Å²) in [5.41, 5.74) is 6.56. The van der Waals surface area contributed by atoms with E-state index >= 15 is 0 Å². The number of nitrogens with zero attached hydrogens (tertiary/aromatic N) is 2. The van der Waals surface area contributed by atoms with Gasteiger partial charge in [-0.1, -0.05) is 17.2 Å². The van der Waals surface area contributed by atoms with Crippen LogP contribution >= 0.6 is 0 Å². The van der Waals surface area contributed by atoms with Gasteiger partial charge in [-0.05, 0) is 24.1 Å². The van der Waals surface area contributed by atoms with E-state index in [4.69, 9.17) is 14.9 Å². The smallest absolute Gasteiger partial charge is 0.315 e. The fraction of sp³-hybridized carbons (Fsp3) is 0.333. The lowest BCUT2D eigenvalue weighted by Crippen LogP contribution is -2.05. The number of methoxy groups -OCH3 is 1. The monoisotopic (exact) mass is 248 g/mol. The lowest BCUT2D eigenvalue weighted by atomic mass is 10.1. The zero-order valence-corrected chi connectivity index (χ0v) is 10.2. The van der Waals surface area contributed by atoms with Crippen molar-refractivity contribution in [2.24, 2.45) is 5.73 Å². The summed E-state index contributed by atoms with van der Waals surface area (Å²) in [6.45, 7) is 0.962. The molecule has 0 saturated heterocycles. The average molecular weight is 248 g/mol. The van der Waals surface area contributed by atoms with Crippen molar-refractivity contribution in [2.45, 2.75) is 13.0 Å². The quantitative estimate of drug-likeness (QED) is 0.798. The maximum Gasteiger partial charge on any atom is 0.315 e. The van der Waals surface area contributed by atoms with E-state index in [1.807, 2.05) is 24.3 Å². The number of rotatable bonds is 6. The summed E-state index contributed by atoms with van der Waals surface area (Å²) in [4.78, 5) is 0. The normalized spacial score (nSPS) is 10.3. The van der Waals surface area contributed by atoms with Gasteiger partial charge in [-0.25, -0.2) is 0 Å². The van der Waals surface area contributed by atoms with Crippen molar-refractivity contribution < 1.29 is 9.15 Å². The Bertz CT molecular complexity index is 498. The molecule has 0 spiro atoms. The fourth-order valence-electron chi connectivity index (χ4n) is 1.55. The highest BCUT2D eigenvalue weighted by atomic mass is 16.5. The number of benzene rings is 1. The first kappa shape index (κ1) is 12.4. The minimum atomic E-state index is 0.255. The Labute approximate surface area is 105 Å². The van der Waals surface area contributed by atoms with Crippen LogP contribution in [-0.4, -0.2) is 23.9 Å². The third-order valence-electron chi connectivity index (χ3n) is 2.47. The molecule has 18 heavy (non-hydrogen) atoms. The van der Waals surface area contributed by atoms with Gasteiger partial charge in [-0.2, -0.15) is 0 Å². The van der Waals surface area contributed by atoms with Crippen LogP contribution in [0.3, 0.4) is 0 Å². The van der Waals surface area contributed by atoms with Crippen LogP contribution in [0.25, 0.3) is 0 Å². The third kappa shape index (κ3) is 3.21. The molecule has 0 radical (unpaired) electrons. The van der Waals surface area contributed by atoms with Crippen molar-refractivity contribution in [1.29, 1.82) is 0 Å². The summed E-state index contributed by atoms with van der Waals surface area (Å²) in [5.74, 6) is 1.29. The number of nitrogens with two attached hydrogens (primary N) is 1. The van der Waals surface area contributed by atoms with Crippen molar-refractivity contribution in [3.8, 4) is 5.75 Å². The molecule has 3 N–H and O–H groups in total. The zero-order chi connectivity index (χ0) is 12.8. The van der Waals surface area contributed by atoms with E-state index in [2.05, 4.69) is 15.5 Å². The summed E-state index contributed by atoms with van der Waals surface area (Å²) in [7, 11) is 1.66. The second-order valence-corrected chi connectivity index (χ2v) is 3.73. The third-order valence-corrected chi connectivity index (χ3v) is 2.47. The van der Waals surface area contributed by atoms with E-state index in [0.717, 1.165) is 12.2 Å². The van der Waals surface area contributed by atoms with Crippen molar-refractivity contribution in [3.05, 3.63) is 35.7 Å². The molecule has 0 aliphatic carbocycles. The van der Waals surface area contributed by atoms with Crippen LogP contribution in [0.1, 0.15) is 11.5 Å². The maximum absolute atomic E-state index is 5.38. The van der Waals surface area contributed by atoms with E-state index in [1.54, 1.807) is 7.11 Å². The van der Waals surface area contributed by atoms with Gasteiger partial charge in [0.2, 0.25) is 5.89 Å². The molecular weight excluding hydrogens is 232 g/mol. The average Bonchev–Trinajstić information content (AvgIpc) is 2.87. The highest BCUT2D eigenvalue weighted by Gasteiger charge is 2.03. The first-order valence-electron chi connectivity index (χ1n) is 5.71. The summed E-state index contributed by atoms with van der Waals surface area (Å²) < 4.78 is 10.4. The highest BCUT2D eigenvalue weighted by Crippen LogP contribution is 2.13. The van der Waals surface area contributed by atoms with Gasteiger partial charge in [0.05, 0.1) is 13.7 Å². The minimum absolute atomic E-state index is 0.255. The second kappa shape index (κ2) is 6.02. The Balaban J connectivity index is 1.84. The van der Waals surface area contributed by atoms with Crippen LogP contribution in [0.5, 0.6) is 5.75 Å². The van der Waals surface area contributed by atoms with Crippen LogP contribution in [0.4, 0.5) is 6.01 Å². The molecule has 1 aromatic carbocycles. The summed E-state index contributed by atoms with van der Waals surface area (Å²) in [6.07, 6.45) is 0.845. The molecule has 1 heterocycles. The van der Waals surface area contributed by atoms with Gasteiger partial charge < -0.3 is 20.2 Å². The highest BCUT2D eigenvalue weighted by molar-refractivity contribution is 5.29. The predicted molar refractivity (Wildman–Crippen MR) is 67.4 cm³/mol. The molecule has 0 unspecified atom stereocenters. The Hall–Kier alpha value is -2.08. The van der Waals surface area contributed by atoms with E-state index in [0.29, 0.717) is 18.5 Å². The number of hydrogen-bond acceptors (Lipinski definition) is 6. The maximum atomic E-state index is 5.38. The molecule has 1 aromatic heterocycles. The minimum Gasteiger partial charge on any atom is -0.497 e. The number of nitrogens with one attached hydrogen (secondary N) is 1. The predicted octanol–water partition coefficient (Wildman–Crippen LogP) is 1.19.